The molecule has 8 heteroatoms. The zero-order chi connectivity index (χ0) is 17.2. The second-order valence-corrected chi connectivity index (χ2v) is 8.58. The molecule has 1 aromatic carbocycles. The lowest BCUT2D eigenvalue weighted by Crippen LogP contribution is -2.32. The number of aryl methyl sites for hydroxylation is 1. The van der Waals surface area contributed by atoms with Gasteiger partial charge in [0.1, 0.15) is 0 Å². The molecule has 0 aromatic heterocycles. The number of likely N-dealkylation sites (tertiary alicyclic amines) is 1. The van der Waals surface area contributed by atoms with Gasteiger partial charge in [0.15, 0.2) is 0 Å². The summed E-state index contributed by atoms with van der Waals surface area (Å²) in [6.07, 6.45) is 3.79. The van der Waals surface area contributed by atoms with Crippen LogP contribution < -0.4 is 5.73 Å². The maximum atomic E-state index is 12.5. The predicted octanol–water partition coefficient (Wildman–Crippen LogP) is 1.39. The second-order valence-electron chi connectivity index (χ2n) is 6.64. The highest BCUT2D eigenvalue weighted by Crippen LogP contribution is 2.21. The predicted molar refractivity (Wildman–Crippen MR) is 99.2 cm³/mol. The Hall–Kier alpha value is -1.15. The largest absolute Gasteiger partial charge is 0.341 e. The fraction of sp³-hybridized carbons (Fsp3) is 0.588. The lowest BCUT2D eigenvalue weighted by molar-refractivity contribution is -0.130. The van der Waals surface area contributed by atoms with Crippen molar-refractivity contribution in [1.82, 2.24) is 9.21 Å². The first-order valence-corrected chi connectivity index (χ1v) is 10.0. The summed E-state index contributed by atoms with van der Waals surface area (Å²) in [5, 5.41) is 0. The maximum Gasteiger partial charge on any atom is 0.243 e. The molecule has 0 radical (unpaired) electrons. The molecule has 2 aliphatic rings. The van der Waals surface area contributed by atoms with Gasteiger partial charge in [0.05, 0.1) is 4.90 Å². The monoisotopic (exact) mass is 387 g/mol. The van der Waals surface area contributed by atoms with Crippen LogP contribution in [0.1, 0.15) is 31.2 Å². The topological polar surface area (TPSA) is 83.7 Å². The van der Waals surface area contributed by atoms with Gasteiger partial charge in [-0.3, -0.25) is 4.79 Å². The van der Waals surface area contributed by atoms with E-state index < -0.39 is 10.0 Å². The number of hydrogen-bond donors (Lipinski definition) is 1. The van der Waals surface area contributed by atoms with Gasteiger partial charge in [0, 0.05) is 38.6 Å². The fourth-order valence-corrected chi connectivity index (χ4v) is 4.85. The molecule has 2 saturated heterocycles. The van der Waals surface area contributed by atoms with Crippen LogP contribution in [0.5, 0.6) is 0 Å². The number of carbonyl (C=O) groups excluding carboxylic acids is 1. The molecule has 2 heterocycles. The molecular weight excluding hydrogens is 362 g/mol. The normalized spacial score (nSPS) is 21.3. The number of nitrogens with zero attached hydrogens (tertiary/aromatic N) is 2. The Morgan fingerprint density at radius 2 is 1.76 bits per heavy atom. The summed E-state index contributed by atoms with van der Waals surface area (Å²) in [7, 11) is -3.36. The van der Waals surface area contributed by atoms with Gasteiger partial charge in [0.2, 0.25) is 15.9 Å². The van der Waals surface area contributed by atoms with Gasteiger partial charge in [-0.25, -0.2) is 8.42 Å². The van der Waals surface area contributed by atoms with Crippen molar-refractivity contribution >= 4 is 28.3 Å². The first kappa shape index (κ1) is 20.2. The van der Waals surface area contributed by atoms with Crippen LogP contribution in [0.25, 0.3) is 0 Å². The van der Waals surface area contributed by atoms with Crippen molar-refractivity contribution in [3.8, 4) is 0 Å². The van der Waals surface area contributed by atoms with E-state index in [0.29, 0.717) is 37.4 Å². The summed E-state index contributed by atoms with van der Waals surface area (Å²) in [5.41, 5.74) is 6.80. The third-order valence-corrected chi connectivity index (χ3v) is 6.74. The second kappa shape index (κ2) is 8.49. The van der Waals surface area contributed by atoms with Crippen LogP contribution >= 0.6 is 12.4 Å². The third-order valence-electron chi connectivity index (χ3n) is 4.83. The van der Waals surface area contributed by atoms with Crippen molar-refractivity contribution in [3.05, 3.63) is 29.8 Å². The SMILES string of the molecule is Cl.N[C@@H]1CCN(C(=O)CCc2ccc(S(=O)(=O)N3CCCC3)cc2)C1. The number of amides is 1. The molecule has 1 amide bonds. The highest BCUT2D eigenvalue weighted by molar-refractivity contribution is 7.89. The Morgan fingerprint density at radius 3 is 2.32 bits per heavy atom. The average molecular weight is 388 g/mol. The molecule has 0 spiro atoms. The van der Waals surface area contributed by atoms with E-state index in [1.807, 2.05) is 17.0 Å². The highest BCUT2D eigenvalue weighted by atomic mass is 35.5. The van der Waals surface area contributed by atoms with Crippen molar-refractivity contribution in [2.75, 3.05) is 26.2 Å². The van der Waals surface area contributed by atoms with E-state index >= 15 is 0 Å². The molecule has 0 bridgehead atoms. The Morgan fingerprint density at radius 1 is 1.12 bits per heavy atom. The molecule has 1 aromatic rings. The van der Waals surface area contributed by atoms with Crippen LogP contribution in [0.2, 0.25) is 0 Å². The Labute approximate surface area is 155 Å². The Balaban J connectivity index is 0.00000225. The first-order chi connectivity index (χ1) is 11.5. The molecule has 2 aliphatic heterocycles. The molecule has 0 saturated carbocycles. The van der Waals surface area contributed by atoms with Crippen LogP contribution in [0, 0.1) is 0 Å². The van der Waals surface area contributed by atoms with E-state index in [4.69, 9.17) is 5.73 Å². The number of rotatable bonds is 5. The minimum absolute atomic E-state index is 0. The van der Waals surface area contributed by atoms with Gasteiger partial charge >= 0.3 is 0 Å². The van der Waals surface area contributed by atoms with Crippen molar-refractivity contribution in [2.24, 2.45) is 5.73 Å². The van der Waals surface area contributed by atoms with Gasteiger partial charge in [-0.15, -0.1) is 12.4 Å². The van der Waals surface area contributed by atoms with Crippen LogP contribution in [0.4, 0.5) is 0 Å². The summed E-state index contributed by atoms with van der Waals surface area (Å²) < 4.78 is 26.5. The molecular formula is C17H26ClN3O3S. The lowest BCUT2D eigenvalue weighted by Gasteiger charge is -2.16. The number of sulfonamides is 1. The van der Waals surface area contributed by atoms with Crippen LogP contribution in [0.15, 0.2) is 29.2 Å². The number of benzene rings is 1. The molecule has 2 fully saturated rings. The Kier molecular flexibility index (Phi) is 6.85. The number of nitrogens with two attached hydrogens (primary N) is 1. The van der Waals surface area contributed by atoms with Crippen molar-refractivity contribution in [2.45, 2.75) is 43.0 Å². The smallest absolute Gasteiger partial charge is 0.243 e. The summed E-state index contributed by atoms with van der Waals surface area (Å²) in [5.74, 6) is 0.122. The average Bonchev–Trinajstić information content (AvgIpc) is 3.25. The third kappa shape index (κ3) is 4.73. The van der Waals surface area contributed by atoms with E-state index in [-0.39, 0.29) is 24.4 Å². The summed E-state index contributed by atoms with van der Waals surface area (Å²) in [6.45, 7) is 2.60. The summed E-state index contributed by atoms with van der Waals surface area (Å²) in [6, 6.07) is 7.03. The van der Waals surface area contributed by atoms with E-state index in [1.54, 1.807) is 16.4 Å². The summed E-state index contributed by atoms with van der Waals surface area (Å²) in [4.78, 5) is 14.3. The van der Waals surface area contributed by atoms with Crippen molar-refractivity contribution in [3.63, 3.8) is 0 Å². The van der Waals surface area contributed by atoms with Gasteiger partial charge in [0.25, 0.3) is 0 Å². The van der Waals surface area contributed by atoms with Crippen molar-refractivity contribution < 1.29 is 13.2 Å². The zero-order valence-electron chi connectivity index (χ0n) is 14.3. The van der Waals surface area contributed by atoms with Crippen LogP contribution in [-0.4, -0.2) is 55.8 Å². The maximum absolute atomic E-state index is 12.5. The molecule has 2 N–H and O–H groups in total. The quantitative estimate of drug-likeness (QED) is 0.827. The number of hydrogen-bond acceptors (Lipinski definition) is 4. The first-order valence-electron chi connectivity index (χ1n) is 8.59. The summed E-state index contributed by atoms with van der Waals surface area (Å²) >= 11 is 0. The minimum Gasteiger partial charge on any atom is -0.341 e. The standard InChI is InChI=1S/C17H25N3O3S.ClH/c18-15-9-12-19(13-15)17(21)8-5-14-3-6-16(7-4-14)24(22,23)20-10-1-2-11-20;/h3-4,6-7,15H,1-2,5,8-13,18H2;1H/t15-;/m1./s1. The van der Waals surface area contributed by atoms with E-state index in [1.165, 1.54) is 0 Å². The minimum atomic E-state index is -3.36. The molecule has 1 atom stereocenters. The van der Waals surface area contributed by atoms with Gasteiger partial charge in [-0.05, 0) is 43.4 Å². The highest BCUT2D eigenvalue weighted by Gasteiger charge is 2.27. The van der Waals surface area contributed by atoms with Gasteiger partial charge in [-0.1, -0.05) is 12.1 Å². The van der Waals surface area contributed by atoms with Crippen LogP contribution in [0.3, 0.4) is 0 Å². The molecule has 0 unspecified atom stereocenters. The molecule has 0 aliphatic carbocycles. The molecule has 140 valence electrons. The fourth-order valence-electron chi connectivity index (χ4n) is 3.33. The van der Waals surface area contributed by atoms with Crippen LogP contribution in [-0.2, 0) is 21.2 Å². The number of carbonyl (C=O) groups is 1. The molecule has 6 nitrogen and oxygen atoms in total. The van der Waals surface area contributed by atoms with E-state index in [0.717, 1.165) is 31.4 Å². The lowest BCUT2D eigenvalue weighted by atomic mass is 10.1. The van der Waals surface area contributed by atoms with Crippen molar-refractivity contribution in [1.29, 1.82) is 0 Å². The molecule has 25 heavy (non-hydrogen) atoms. The molecule has 3 rings (SSSR count). The van der Waals surface area contributed by atoms with E-state index in [2.05, 4.69) is 0 Å². The van der Waals surface area contributed by atoms with Gasteiger partial charge < -0.3 is 10.6 Å². The van der Waals surface area contributed by atoms with Gasteiger partial charge in [-0.2, -0.15) is 4.31 Å². The van der Waals surface area contributed by atoms with E-state index in [9.17, 15) is 13.2 Å². The zero-order valence-corrected chi connectivity index (χ0v) is 15.9. The Bertz CT molecular complexity index is 688. The number of halogens is 1.